The van der Waals surface area contributed by atoms with Crippen LogP contribution in [0.5, 0.6) is 5.75 Å². The van der Waals surface area contributed by atoms with Gasteiger partial charge in [-0.2, -0.15) is 13.2 Å². The summed E-state index contributed by atoms with van der Waals surface area (Å²) in [6.07, 6.45) is -3.54. The van der Waals surface area contributed by atoms with Gasteiger partial charge in [-0.3, -0.25) is 14.9 Å². The normalized spacial score (nSPS) is 15.2. The number of alkyl halides is 3. The lowest BCUT2D eigenvalue weighted by molar-refractivity contribution is -0.137. The molecule has 0 radical (unpaired) electrons. The van der Waals surface area contributed by atoms with Crippen molar-refractivity contribution < 1.29 is 32.3 Å². The van der Waals surface area contributed by atoms with E-state index in [1.165, 1.54) is 6.08 Å². The molecule has 1 fully saturated rings. The van der Waals surface area contributed by atoms with Gasteiger partial charge in [-0.05, 0) is 55.0 Å². The van der Waals surface area contributed by atoms with Gasteiger partial charge in [-0.15, -0.1) is 0 Å². The maximum absolute atomic E-state index is 13.3. The summed E-state index contributed by atoms with van der Waals surface area (Å²) >= 11 is 9.37. The fourth-order valence-corrected chi connectivity index (χ4v) is 4.20. The number of ether oxygens (including phenoxy) is 1. The number of imide groups is 2. The predicted octanol–water partition coefficient (Wildman–Crippen LogP) is 6.68. The zero-order valence-corrected chi connectivity index (χ0v) is 21.4. The molecule has 0 bridgehead atoms. The van der Waals surface area contributed by atoms with E-state index in [-0.39, 0.29) is 11.6 Å². The SMILES string of the molecule is Cc1cccc(COc2ccc(Br)cc2/C=C2/C(=O)NC(=O)N(c3cc(C(F)(F)F)ccc3Cl)C2=O)c1. The van der Waals surface area contributed by atoms with Crippen LogP contribution in [-0.2, 0) is 22.4 Å². The molecule has 11 heteroatoms. The summed E-state index contributed by atoms with van der Waals surface area (Å²) in [4.78, 5) is 38.8. The van der Waals surface area contributed by atoms with Crippen LogP contribution >= 0.6 is 27.5 Å². The van der Waals surface area contributed by atoms with Crippen molar-refractivity contribution in [2.75, 3.05) is 4.90 Å². The van der Waals surface area contributed by atoms with Crippen molar-refractivity contribution in [2.45, 2.75) is 19.7 Å². The monoisotopic (exact) mass is 592 g/mol. The van der Waals surface area contributed by atoms with Gasteiger partial charge in [0.25, 0.3) is 11.8 Å². The molecule has 1 N–H and O–H groups in total. The first kappa shape index (κ1) is 26.4. The second-order valence-corrected chi connectivity index (χ2v) is 9.40. The zero-order valence-electron chi connectivity index (χ0n) is 19.0. The highest BCUT2D eigenvalue weighted by atomic mass is 79.9. The Kier molecular flexibility index (Phi) is 7.42. The van der Waals surface area contributed by atoms with E-state index in [1.807, 2.05) is 36.5 Å². The van der Waals surface area contributed by atoms with Crippen molar-refractivity contribution in [3.05, 3.63) is 98.0 Å². The molecule has 0 unspecified atom stereocenters. The number of nitrogens with one attached hydrogen (secondary N) is 1. The molecule has 3 aromatic carbocycles. The molecular formula is C26H17BrClF3N2O4. The molecule has 0 atom stereocenters. The molecule has 190 valence electrons. The number of carbonyl (C=O) groups excluding carboxylic acids is 3. The summed E-state index contributed by atoms with van der Waals surface area (Å²) < 4.78 is 46.3. The van der Waals surface area contributed by atoms with Crippen molar-refractivity contribution in [1.29, 1.82) is 0 Å². The molecule has 1 aliphatic rings. The van der Waals surface area contributed by atoms with E-state index >= 15 is 0 Å². The van der Waals surface area contributed by atoms with Gasteiger partial charge in [-0.1, -0.05) is 57.4 Å². The fourth-order valence-electron chi connectivity index (χ4n) is 3.62. The molecule has 4 rings (SSSR count). The Balaban J connectivity index is 1.72. The van der Waals surface area contributed by atoms with Crippen LogP contribution in [-0.4, -0.2) is 17.8 Å². The van der Waals surface area contributed by atoms with Crippen molar-refractivity contribution in [2.24, 2.45) is 0 Å². The van der Waals surface area contributed by atoms with Crippen LogP contribution in [0.3, 0.4) is 0 Å². The Hall–Kier alpha value is -3.63. The molecule has 0 saturated carbocycles. The summed E-state index contributed by atoms with van der Waals surface area (Å²) in [5.74, 6) is -1.82. The maximum Gasteiger partial charge on any atom is 0.416 e. The first-order valence-corrected chi connectivity index (χ1v) is 11.9. The summed E-state index contributed by atoms with van der Waals surface area (Å²) in [5, 5.41) is 1.70. The summed E-state index contributed by atoms with van der Waals surface area (Å²) in [5.41, 5.74) is 0.138. The van der Waals surface area contributed by atoms with E-state index in [1.54, 1.807) is 18.2 Å². The molecule has 1 saturated heterocycles. The van der Waals surface area contributed by atoms with Crippen LogP contribution in [0.2, 0.25) is 5.02 Å². The summed E-state index contributed by atoms with van der Waals surface area (Å²) in [6, 6.07) is 13.6. The van der Waals surface area contributed by atoms with E-state index < -0.39 is 40.8 Å². The van der Waals surface area contributed by atoms with E-state index in [0.29, 0.717) is 26.8 Å². The molecular weight excluding hydrogens is 577 g/mol. The first-order chi connectivity index (χ1) is 17.4. The van der Waals surface area contributed by atoms with Crippen LogP contribution in [0.1, 0.15) is 22.3 Å². The minimum Gasteiger partial charge on any atom is -0.488 e. The fraction of sp³-hybridized carbons (Fsp3) is 0.115. The lowest BCUT2D eigenvalue weighted by Crippen LogP contribution is -2.54. The quantitative estimate of drug-likeness (QED) is 0.265. The highest BCUT2D eigenvalue weighted by Crippen LogP contribution is 2.37. The third-order valence-corrected chi connectivity index (χ3v) is 6.18. The highest BCUT2D eigenvalue weighted by molar-refractivity contribution is 9.10. The average Bonchev–Trinajstić information content (AvgIpc) is 2.81. The lowest BCUT2D eigenvalue weighted by Gasteiger charge is -2.27. The summed E-state index contributed by atoms with van der Waals surface area (Å²) in [7, 11) is 0. The molecule has 6 nitrogen and oxygen atoms in total. The Morgan fingerprint density at radius 1 is 1.05 bits per heavy atom. The van der Waals surface area contributed by atoms with Gasteiger partial charge in [0.1, 0.15) is 17.9 Å². The van der Waals surface area contributed by atoms with Crippen molar-refractivity contribution in [3.63, 3.8) is 0 Å². The molecule has 37 heavy (non-hydrogen) atoms. The van der Waals surface area contributed by atoms with Gasteiger partial charge in [0.2, 0.25) is 0 Å². The largest absolute Gasteiger partial charge is 0.488 e. The van der Waals surface area contributed by atoms with E-state index in [4.69, 9.17) is 16.3 Å². The van der Waals surface area contributed by atoms with Gasteiger partial charge >= 0.3 is 12.2 Å². The number of hydrogen-bond acceptors (Lipinski definition) is 4. The van der Waals surface area contributed by atoms with Crippen LogP contribution in [0.4, 0.5) is 23.7 Å². The van der Waals surface area contributed by atoms with E-state index in [9.17, 15) is 27.6 Å². The topological polar surface area (TPSA) is 75.7 Å². The molecule has 0 aromatic heterocycles. The number of aryl methyl sites for hydroxylation is 1. The lowest BCUT2D eigenvalue weighted by atomic mass is 10.1. The van der Waals surface area contributed by atoms with Gasteiger partial charge in [0.15, 0.2) is 0 Å². The molecule has 0 aliphatic carbocycles. The number of barbiturate groups is 1. The van der Waals surface area contributed by atoms with E-state index in [0.717, 1.165) is 23.3 Å². The number of anilines is 1. The van der Waals surface area contributed by atoms with Crippen molar-refractivity contribution in [1.82, 2.24) is 5.32 Å². The van der Waals surface area contributed by atoms with E-state index in [2.05, 4.69) is 15.9 Å². The van der Waals surface area contributed by atoms with Crippen molar-refractivity contribution in [3.8, 4) is 5.75 Å². The second-order valence-electron chi connectivity index (χ2n) is 8.08. The Morgan fingerprint density at radius 2 is 1.81 bits per heavy atom. The third kappa shape index (κ3) is 5.86. The third-order valence-electron chi connectivity index (χ3n) is 5.36. The average molecular weight is 594 g/mol. The Morgan fingerprint density at radius 3 is 2.51 bits per heavy atom. The van der Waals surface area contributed by atoms with Gasteiger partial charge in [-0.25, -0.2) is 9.69 Å². The van der Waals surface area contributed by atoms with Gasteiger partial charge in [0, 0.05) is 10.0 Å². The van der Waals surface area contributed by atoms with Crippen LogP contribution < -0.4 is 15.0 Å². The summed E-state index contributed by atoms with van der Waals surface area (Å²) in [6.45, 7) is 2.14. The van der Waals surface area contributed by atoms with Crippen LogP contribution in [0, 0.1) is 6.92 Å². The van der Waals surface area contributed by atoms with Gasteiger partial charge in [0.05, 0.1) is 16.3 Å². The van der Waals surface area contributed by atoms with Crippen LogP contribution in [0.15, 0.2) is 70.7 Å². The van der Waals surface area contributed by atoms with Crippen LogP contribution in [0.25, 0.3) is 6.08 Å². The number of amides is 4. The molecule has 1 heterocycles. The molecule has 3 aromatic rings. The number of hydrogen-bond donors (Lipinski definition) is 1. The van der Waals surface area contributed by atoms with Gasteiger partial charge < -0.3 is 4.74 Å². The van der Waals surface area contributed by atoms with Crippen molar-refractivity contribution >= 4 is 57.1 Å². The predicted molar refractivity (Wildman–Crippen MR) is 135 cm³/mol. The standard InChI is InChI=1S/C26H17BrClF3N2O4/c1-14-3-2-4-15(9-14)13-37-22-8-6-18(27)10-16(22)11-19-23(34)32-25(36)33(24(19)35)21-12-17(26(29,30)31)5-7-20(21)28/h2-12H,13H2,1H3,(H,32,34,36)/b19-11-. The maximum atomic E-state index is 13.3. The number of halogens is 5. The number of urea groups is 1. The smallest absolute Gasteiger partial charge is 0.416 e. The number of nitrogens with zero attached hydrogens (tertiary/aromatic N) is 1. The zero-order chi connectivity index (χ0) is 26.9. The Bertz CT molecular complexity index is 1460. The number of rotatable bonds is 5. The number of carbonyl (C=O) groups is 3. The first-order valence-electron chi connectivity index (χ1n) is 10.7. The molecule has 1 aliphatic heterocycles. The molecule has 0 spiro atoms. The second kappa shape index (κ2) is 10.4. The molecule has 4 amide bonds. The number of benzene rings is 3. The minimum absolute atomic E-state index is 0.198. The minimum atomic E-state index is -4.75. The highest BCUT2D eigenvalue weighted by Gasteiger charge is 2.39. The Labute approximate surface area is 222 Å².